The van der Waals surface area contributed by atoms with Gasteiger partial charge >= 0.3 is 17.9 Å². The number of nitrogens with two attached hydrogens (primary N) is 1. The Hall–Kier alpha value is -2.16. The Labute approximate surface area is 134 Å². The molecule has 0 spiro atoms. The van der Waals surface area contributed by atoms with Crippen molar-refractivity contribution in [3.63, 3.8) is 0 Å². The molecule has 0 fully saturated rings. The number of carbonyl (C=O) groups excluding carboxylic acids is 1. The van der Waals surface area contributed by atoms with Gasteiger partial charge in [0.25, 0.3) is 0 Å². The summed E-state index contributed by atoms with van der Waals surface area (Å²) in [5.41, 5.74) is 4.47. The van der Waals surface area contributed by atoms with Crippen molar-refractivity contribution in [2.75, 3.05) is 0 Å². The molecule has 0 aromatic rings. The molecule has 0 heterocycles. The maximum Gasteiger partial charge on any atom is 0.326 e. The third kappa shape index (κ3) is 7.09. The maximum absolute atomic E-state index is 12.4. The van der Waals surface area contributed by atoms with Crippen LogP contribution in [0, 0.1) is 0 Å². The molecular formula is C14H24N2O7. The zero-order chi connectivity index (χ0) is 18.4. The predicted molar refractivity (Wildman–Crippen MR) is 79.7 cm³/mol. The van der Waals surface area contributed by atoms with E-state index in [1.807, 2.05) is 0 Å². The molecule has 0 saturated heterocycles. The molecule has 0 aliphatic heterocycles. The van der Waals surface area contributed by atoms with Crippen LogP contribution in [0.3, 0.4) is 0 Å². The van der Waals surface area contributed by atoms with Crippen LogP contribution < -0.4 is 5.73 Å². The SMILES string of the molecule is CC(C)(C)N(C(=O)CC[C@H](N)C(=O)O)[C@H](CCC(=O)O)C(=O)O. The van der Waals surface area contributed by atoms with Crippen LogP contribution in [-0.2, 0) is 19.2 Å². The van der Waals surface area contributed by atoms with Crippen LogP contribution in [0.2, 0.25) is 0 Å². The number of carbonyl (C=O) groups is 4. The summed E-state index contributed by atoms with van der Waals surface area (Å²) >= 11 is 0. The number of hydrogen-bond acceptors (Lipinski definition) is 5. The Kier molecular flexibility index (Phi) is 7.67. The number of carboxylic acids is 3. The van der Waals surface area contributed by atoms with Crippen LogP contribution in [0.15, 0.2) is 0 Å². The van der Waals surface area contributed by atoms with Crippen molar-refractivity contribution >= 4 is 23.8 Å². The molecule has 0 aromatic heterocycles. The lowest BCUT2D eigenvalue weighted by Crippen LogP contribution is -2.55. The van der Waals surface area contributed by atoms with Crippen molar-refractivity contribution in [3.05, 3.63) is 0 Å². The van der Waals surface area contributed by atoms with E-state index >= 15 is 0 Å². The predicted octanol–water partition coefficient (Wildman–Crippen LogP) is 0.124. The molecule has 132 valence electrons. The molecule has 23 heavy (non-hydrogen) atoms. The van der Waals surface area contributed by atoms with Gasteiger partial charge in [0.05, 0.1) is 0 Å². The monoisotopic (exact) mass is 332 g/mol. The molecule has 0 saturated carbocycles. The summed E-state index contributed by atoms with van der Waals surface area (Å²) < 4.78 is 0. The first-order valence-electron chi connectivity index (χ1n) is 7.13. The van der Waals surface area contributed by atoms with Crippen LogP contribution in [-0.4, -0.2) is 61.7 Å². The number of hydrogen-bond donors (Lipinski definition) is 4. The Bertz CT molecular complexity index is 470. The lowest BCUT2D eigenvalue weighted by molar-refractivity contribution is -0.156. The van der Waals surface area contributed by atoms with E-state index in [1.165, 1.54) is 0 Å². The zero-order valence-electron chi connectivity index (χ0n) is 13.5. The highest BCUT2D eigenvalue weighted by molar-refractivity contribution is 5.85. The lowest BCUT2D eigenvalue weighted by atomic mass is 9.98. The molecule has 0 aliphatic rings. The standard InChI is InChI=1S/C14H24N2O7/c1-14(2,3)16(9(13(22)23)5-7-11(18)19)10(17)6-4-8(15)12(20)21/h8-9H,4-7,15H2,1-3H3,(H,18,19)(H,20,21)(H,22,23)/t8-,9+/m0/s1. The third-order valence-electron chi connectivity index (χ3n) is 3.21. The molecule has 9 nitrogen and oxygen atoms in total. The smallest absolute Gasteiger partial charge is 0.326 e. The van der Waals surface area contributed by atoms with Crippen molar-refractivity contribution in [2.45, 2.75) is 64.1 Å². The molecule has 9 heteroatoms. The first kappa shape index (κ1) is 20.8. The van der Waals surface area contributed by atoms with Crippen molar-refractivity contribution in [3.8, 4) is 0 Å². The van der Waals surface area contributed by atoms with Gasteiger partial charge in [0.15, 0.2) is 0 Å². The van der Waals surface area contributed by atoms with E-state index in [-0.39, 0.29) is 19.3 Å². The minimum Gasteiger partial charge on any atom is -0.481 e. The quantitative estimate of drug-likeness (QED) is 0.463. The molecule has 2 atom stereocenters. The summed E-state index contributed by atoms with van der Waals surface area (Å²) in [5.74, 6) is -4.30. The fraction of sp³-hybridized carbons (Fsp3) is 0.714. The Morgan fingerprint density at radius 3 is 1.83 bits per heavy atom. The Morgan fingerprint density at radius 2 is 1.48 bits per heavy atom. The number of rotatable bonds is 9. The van der Waals surface area contributed by atoms with Gasteiger partial charge in [-0.25, -0.2) is 4.79 Å². The summed E-state index contributed by atoms with van der Waals surface area (Å²) in [6.07, 6.45) is -1.00. The largest absolute Gasteiger partial charge is 0.481 e. The number of amides is 1. The Morgan fingerprint density at radius 1 is 0.957 bits per heavy atom. The molecule has 1 amide bonds. The number of nitrogens with zero attached hydrogens (tertiary/aromatic N) is 1. The third-order valence-corrected chi connectivity index (χ3v) is 3.21. The fourth-order valence-corrected chi connectivity index (χ4v) is 2.16. The van der Waals surface area contributed by atoms with Gasteiger partial charge in [0.2, 0.25) is 5.91 Å². The van der Waals surface area contributed by atoms with E-state index in [0.717, 1.165) is 4.90 Å². The minimum atomic E-state index is -1.31. The maximum atomic E-state index is 12.4. The van der Waals surface area contributed by atoms with Crippen LogP contribution in [0.1, 0.15) is 46.5 Å². The average Bonchev–Trinajstić information content (AvgIpc) is 2.37. The molecule has 0 aliphatic carbocycles. The number of aliphatic carboxylic acids is 3. The van der Waals surface area contributed by atoms with Gasteiger partial charge in [-0.2, -0.15) is 0 Å². The summed E-state index contributed by atoms with van der Waals surface area (Å²) in [5, 5.41) is 26.8. The first-order valence-corrected chi connectivity index (χ1v) is 7.13. The fourth-order valence-electron chi connectivity index (χ4n) is 2.16. The highest BCUT2D eigenvalue weighted by atomic mass is 16.4. The van der Waals surface area contributed by atoms with Gasteiger partial charge in [0, 0.05) is 18.4 Å². The first-order chi connectivity index (χ1) is 10.4. The zero-order valence-corrected chi connectivity index (χ0v) is 13.5. The molecule has 5 N–H and O–H groups in total. The normalized spacial score (nSPS) is 13.9. The summed E-state index contributed by atoms with van der Waals surface area (Å²) in [6.45, 7) is 4.87. The second kappa shape index (κ2) is 8.47. The van der Waals surface area contributed by atoms with Crippen molar-refractivity contribution < 1.29 is 34.5 Å². The minimum absolute atomic E-state index is 0.133. The van der Waals surface area contributed by atoms with E-state index < -0.39 is 47.9 Å². The highest BCUT2D eigenvalue weighted by Crippen LogP contribution is 2.22. The van der Waals surface area contributed by atoms with E-state index in [1.54, 1.807) is 20.8 Å². The van der Waals surface area contributed by atoms with Gasteiger partial charge in [-0.3, -0.25) is 14.4 Å². The molecule has 0 aromatic carbocycles. The lowest BCUT2D eigenvalue weighted by Gasteiger charge is -2.40. The van der Waals surface area contributed by atoms with Crippen molar-refractivity contribution in [1.29, 1.82) is 0 Å². The van der Waals surface area contributed by atoms with E-state index in [4.69, 9.17) is 15.9 Å². The highest BCUT2D eigenvalue weighted by Gasteiger charge is 2.37. The van der Waals surface area contributed by atoms with Crippen molar-refractivity contribution in [1.82, 2.24) is 4.90 Å². The summed E-state index contributed by atoms with van der Waals surface area (Å²) in [4.78, 5) is 46.3. The Balaban J connectivity index is 5.23. The van der Waals surface area contributed by atoms with Gasteiger partial charge in [-0.15, -0.1) is 0 Å². The number of carboxylic acid groups (broad SMARTS) is 3. The van der Waals surface area contributed by atoms with E-state index in [9.17, 15) is 24.3 Å². The molecule has 0 bridgehead atoms. The topological polar surface area (TPSA) is 158 Å². The van der Waals surface area contributed by atoms with Crippen LogP contribution >= 0.6 is 0 Å². The second-order valence-corrected chi connectivity index (χ2v) is 6.20. The van der Waals surface area contributed by atoms with Gasteiger partial charge < -0.3 is 26.0 Å². The summed E-state index contributed by atoms with van der Waals surface area (Å²) in [6, 6.07) is -2.53. The second-order valence-electron chi connectivity index (χ2n) is 6.20. The van der Waals surface area contributed by atoms with E-state index in [0.29, 0.717) is 0 Å². The van der Waals surface area contributed by atoms with Gasteiger partial charge in [0.1, 0.15) is 12.1 Å². The average molecular weight is 332 g/mol. The van der Waals surface area contributed by atoms with Crippen LogP contribution in [0.25, 0.3) is 0 Å². The molecular weight excluding hydrogens is 308 g/mol. The van der Waals surface area contributed by atoms with Gasteiger partial charge in [-0.1, -0.05) is 0 Å². The van der Waals surface area contributed by atoms with E-state index in [2.05, 4.69) is 0 Å². The molecule has 0 unspecified atom stereocenters. The molecule has 0 radical (unpaired) electrons. The van der Waals surface area contributed by atoms with Gasteiger partial charge in [-0.05, 0) is 33.6 Å². The van der Waals surface area contributed by atoms with Crippen molar-refractivity contribution in [2.24, 2.45) is 5.73 Å². The summed E-state index contributed by atoms with van der Waals surface area (Å²) in [7, 11) is 0. The van der Waals surface area contributed by atoms with Crippen LogP contribution in [0.5, 0.6) is 0 Å². The molecule has 0 rings (SSSR count). The van der Waals surface area contributed by atoms with Crippen LogP contribution in [0.4, 0.5) is 0 Å².